The highest BCUT2D eigenvalue weighted by atomic mass is 35.5. The number of nitrogens with one attached hydrogen (secondary N) is 1. The number of carboxylic acid groups (broad SMARTS) is 1. The van der Waals surface area contributed by atoms with Crippen molar-refractivity contribution in [1.82, 2.24) is 5.32 Å². The molecule has 5 nitrogen and oxygen atoms in total. The zero-order valence-corrected chi connectivity index (χ0v) is 11.7. The van der Waals surface area contributed by atoms with E-state index in [0.717, 1.165) is 12.1 Å². The van der Waals surface area contributed by atoms with Crippen LogP contribution < -0.4 is 10.1 Å². The largest absolute Gasteiger partial charge is 0.479 e. The van der Waals surface area contributed by atoms with E-state index in [1.165, 1.54) is 6.92 Å². The third-order valence-corrected chi connectivity index (χ3v) is 2.76. The van der Waals surface area contributed by atoms with Crippen molar-refractivity contribution in [2.45, 2.75) is 19.6 Å². The molecule has 0 radical (unpaired) electrons. The molecule has 0 saturated carbocycles. The highest BCUT2D eigenvalue weighted by Gasteiger charge is 2.14. The molecular formula is C13H18ClNO4. The Morgan fingerprint density at radius 2 is 2.26 bits per heavy atom. The fourth-order valence-electron chi connectivity index (χ4n) is 1.40. The van der Waals surface area contributed by atoms with Crippen LogP contribution in [0.15, 0.2) is 18.2 Å². The van der Waals surface area contributed by atoms with Gasteiger partial charge in [-0.2, -0.15) is 0 Å². The summed E-state index contributed by atoms with van der Waals surface area (Å²) in [5, 5.41) is 12.4. The van der Waals surface area contributed by atoms with Gasteiger partial charge in [0, 0.05) is 20.2 Å². The molecule has 1 aromatic carbocycles. The molecule has 106 valence electrons. The molecule has 1 rings (SSSR count). The van der Waals surface area contributed by atoms with Crippen molar-refractivity contribution in [1.29, 1.82) is 0 Å². The number of methoxy groups -OCH3 is 1. The highest BCUT2D eigenvalue weighted by molar-refractivity contribution is 6.32. The third kappa shape index (κ3) is 5.46. The number of carboxylic acids is 1. The smallest absolute Gasteiger partial charge is 0.344 e. The molecule has 1 atom stereocenters. The van der Waals surface area contributed by atoms with E-state index in [0.29, 0.717) is 23.9 Å². The lowest BCUT2D eigenvalue weighted by Crippen LogP contribution is -2.23. The average Bonchev–Trinajstić information content (AvgIpc) is 2.37. The SMILES string of the molecule is COCCNCc1ccc(OC(C)C(=O)O)c(Cl)c1. The molecule has 0 aliphatic rings. The van der Waals surface area contributed by atoms with E-state index in [4.69, 9.17) is 26.2 Å². The van der Waals surface area contributed by atoms with Gasteiger partial charge in [-0.3, -0.25) is 0 Å². The quantitative estimate of drug-likeness (QED) is 0.715. The van der Waals surface area contributed by atoms with Gasteiger partial charge in [-0.05, 0) is 24.6 Å². The van der Waals surface area contributed by atoms with Crippen molar-refractivity contribution in [2.75, 3.05) is 20.3 Å². The van der Waals surface area contributed by atoms with Gasteiger partial charge in [0.15, 0.2) is 6.10 Å². The highest BCUT2D eigenvalue weighted by Crippen LogP contribution is 2.26. The topological polar surface area (TPSA) is 67.8 Å². The first-order valence-electron chi connectivity index (χ1n) is 5.92. The summed E-state index contributed by atoms with van der Waals surface area (Å²) in [5.41, 5.74) is 0.997. The van der Waals surface area contributed by atoms with Gasteiger partial charge < -0.3 is 19.9 Å². The lowest BCUT2D eigenvalue weighted by atomic mass is 10.2. The first kappa shape index (κ1) is 15.8. The van der Waals surface area contributed by atoms with Crippen LogP contribution in [0.5, 0.6) is 5.75 Å². The summed E-state index contributed by atoms with van der Waals surface area (Å²) in [6.07, 6.45) is -0.928. The van der Waals surface area contributed by atoms with E-state index >= 15 is 0 Å². The molecule has 6 heteroatoms. The Balaban J connectivity index is 2.56. The zero-order chi connectivity index (χ0) is 14.3. The summed E-state index contributed by atoms with van der Waals surface area (Å²) in [6, 6.07) is 5.27. The number of rotatable bonds is 8. The zero-order valence-electron chi connectivity index (χ0n) is 11.0. The van der Waals surface area contributed by atoms with Crippen molar-refractivity contribution >= 4 is 17.6 Å². The van der Waals surface area contributed by atoms with Gasteiger partial charge in [0.2, 0.25) is 0 Å². The summed E-state index contributed by atoms with van der Waals surface area (Å²) in [5.74, 6) is -0.654. The van der Waals surface area contributed by atoms with Gasteiger partial charge in [0.05, 0.1) is 11.6 Å². The van der Waals surface area contributed by atoms with Crippen molar-refractivity contribution in [3.05, 3.63) is 28.8 Å². The Morgan fingerprint density at radius 1 is 1.53 bits per heavy atom. The monoisotopic (exact) mass is 287 g/mol. The van der Waals surface area contributed by atoms with Gasteiger partial charge in [-0.25, -0.2) is 4.79 Å². The molecule has 0 spiro atoms. The van der Waals surface area contributed by atoms with Gasteiger partial charge in [-0.15, -0.1) is 0 Å². The molecule has 0 bridgehead atoms. The molecule has 0 heterocycles. The average molecular weight is 288 g/mol. The van der Waals surface area contributed by atoms with E-state index in [1.807, 2.05) is 6.07 Å². The second-order valence-corrected chi connectivity index (χ2v) is 4.44. The number of aliphatic carboxylic acids is 1. The molecule has 2 N–H and O–H groups in total. The van der Waals surface area contributed by atoms with Crippen molar-refractivity contribution in [3.8, 4) is 5.75 Å². The van der Waals surface area contributed by atoms with Crippen LogP contribution in [0, 0.1) is 0 Å². The molecule has 1 unspecified atom stereocenters. The molecule has 0 fully saturated rings. The van der Waals surface area contributed by atoms with E-state index in [-0.39, 0.29) is 0 Å². The molecule has 0 aliphatic heterocycles. The Kier molecular flexibility index (Phi) is 6.62. The van der Waals surface area contributed by atoms with Crippen molar-refractivity contribution < 1.29 is 19.4 Å². The summed E-state index contributed by atoms with van der Waals surface area (Å²) >= 11 is 6.05. The first-order chi connectivity index (χ1) is 9.04. The fraction of sp³-hybridized carbons (Fsp3) is 0.462. The predicted molar refractivity (Wildman–Crippen MR) is 72.8 cm³/mol. The fourth-order valence-corrected chi connectivity index (χ4v) is 1.65. The number of carbonyl (C=O) groups is 1. The Bertz CT molecular complexity index is 425. The Morgan fingerprint density at radius 3 is 2.84 bits per heavy atom. The number of hydrogen-bond donors (Lipinski definition) is 2. The maximum Gasteiger partial charge on any atom is 0.344 e. The Labute approximate surface area is 117 Å². The van der Waals surface area contributed by atoms with Gasteiger partial charge in [0.25, 0.3) is 0 Å². The van der Waals surface area contributed by atoms with Crippen LogP contribution in [0.3, 0.4) is 0 Å². The van der Waals surface area contributed by atoms with Crippen LogP contribution in [-0.2, 0) is 16.1 Å². The Hall–Kier alpha value is -1.30. The van der Waals surface area contributed by atoms with Crippen molar-refractivity contribution in [2.24, 2.45) is 0 Å². The van der Waals surface area contributed by atoms with Gasteiger partial charge >= 0.3 is 5.97 Å². The second-order valence-electron chi connectivity index (χ2n) is 4.03. The third-order valence-electron chi connectivity index (χ3n) is 2.46. The van der Waals surface area contributed by atoms with E-state index in [1.54, 1.807) is 19.2 Å². The van der Waals surface area contributed by atoms with Crippen LogP contribution in [0.1, 0.15) is 12.5 Å². The molecule has 19 heavy (non-hydrogen) atoms. The number of halogens is 1. The van der Waals surface area contributed by atoms with E-state index in [2.05, 4.69) is 5.32 Å². The molecule has 0 aromatic heterocycles. The summed E-state index contributed by atoms with van der Waals surface area (Å²) in [4.78, 5) is 10.7. The molecule has 1 aromatic rings. The maximum absolute atomic E-state index is 10.7. The number of benzene rings is 1. The minimum atomic E-state index is -1.03. The van der Waals surface area contributed by atoms with Crippen molar-refractivity contribution in [3.63, 3.8) is 0 Å². The van der Waals surface area contributed by atoms with Crippen LogP contribution >= 0.6 is 11.6 Å². The number of hydrogen-bond acceptors (Lipinski definition) is 4. The van der Waals surface area contributed by atoms with Gasteiger partial charge in [0.1, 0.15) is 5.75 Å². The minimum absolute atomic E-state index is 0.372. The van der Waals surface area contributed by atoms with Crippen LogP contribution in [0.25, 0.3) is 0 Å². The minimum Gasteiger partial charge on any atom is -0.479 e. The number of ether oxygens (including phenoxy) is 2. The summed E-state index contributed by atoms with van der Waals surface area (Å²) < 4.78 is 10.2. The van der Waals surface area contributed by atoms with Crippen LogP contribution in [-0.4, -0.2) is 37.4 Å². The lowest BCUT2D eigenvalue weighted by molar-refractivity contribution is -0.144. The van der Waals surface area contributed by atoms with Crippen LogP contribution in [0.4, 0.5) is 0 Å². The normalized spacial score (nSPS) is 12.2. The summed E-state index contributed by atoms with van der Waals surface area (Å²) in [7, 11) is 1.65. The lowest BCUT2D eigenvalue weighted by Gasteiger charge is -2.13. The molecule has 0 amide bonds. The predicted octanol–water partition coefficient (Wildman–Crippen LogP) is 1.93. The maximum atomic E-state index is 10.7. The van der Waals surface area contributed by atoms with Gasteiger partial charge in [-0.1, -0.05) is 17.7 Å². The summed E-state index contributed by atoms with van der Waals surface area (Å²) in [6.45, 7) is 3.52. The second kappa shape index (κ2) is 7.99. The van der Waals surface area contributed by atoms with Crippen LogP contribution in [0.2, 0.25) is 5.02 Å². The first-order valence-corrected chi connectivity index (χ1v) is 6.30. The van der Waals surface area contributed by atoms with E-state index < -0.39 is 12.1 Å². The molecule has 0 saturated heterocycles. The standard InChI is InChI=1S/C13H18ClNO4/c1-9(13(16)17)19-12-4-3-10(7-11(12)14)8-15-5-6-18-2/h3-4,7,9,15H,5-6,8H2,1-2H3,(H,16,17). The molecular weight excluding hydrogens is 270 g/mol. The molecule has 0 aliphatic carbocycles. The van der Waals surface area contributed by atoms with E-state index in [9.17, 15) is 4.79 Å².